The highest BCUT2D eigenvalue weighted by Crippen LogP contribution is 2.17. The number of rotatable bonds is 4. The van der Waals surface area contributed by atoms with Crippen LogP contribution >= 0.6 is 0 Å². The Kier molecular flexibility index (Phi) is 6.93. The van der Waals surface area contributed by atoms with E-state index in [-0.39, 0.29) is 11.9 Å². The van der Waals surface area contributed by atoms with E-state index in [0.717, 1.165) is 45.7 Å². The van der Waals surface area contributed by atoms with E-state index < -0.39 is 0 Å². The molecule has 3 fully saturated rings. The van der Waals surface area contributed by atoms with Gasteiger partial charge in [-0.05, 0) is 12.8 Å². The monoisotopic (exact) mass is 352 g/mol. The fraction of sp³-hybridized carbons (Fsp3) is 0.889. The Morgan fingerprint density at radius 3 is 2.20 bits per heavy atom. The molecule has 2 saturated heterocycles. The van der Waals surface area contributed by atoms with Crippen molar-refractivity contribution in [1.29, 1.82) is 0 Å². The van der Waals surface area contributed by atoms with E-state index >= 15 is 0 Å². The minimum absolute atomic E-state index is 0.0484. The molecule has 25 heavy (non-hydrogen) atoms. The first-order valence-electron chi connectivity index (χ1n) is 9.86. The molecule has 0 aromatic rings. The lowest BCUT2D eigenvalue weighted by atomic mass is 9.96. The van der Waals surface area contributed by atoms with Crippen LogP contribution in [-0.2, 0) is 9.53 Å². The van der Waals surface area contributed by atoms with E-state index in [1.54, 1.807) is 0 Å². The average molecular weight is 352 g/mol. The van der Waals surface area contributed by atoms with Crippen LogP contribution in [0, 0.1) is 0 Å². The molecule has 0 aromatic heterocycles. The number of carbonyl (C=O) groups excluding carboxylic acids is 2. The molecular weight excluding hydrogens is 320 g/mol. The summed E-state index contributed by atoms with van der Waals surface area (Å²) in [5.74, 6) is 0.207. The van der Waals surface area contributed by atoms with Crippen molar-refractivity contribution in [2.75, 3.05) is 59.0 Å². The zero-order valence-corrected chi connectivity index (χ0v) is 15.3. The van der Waals surface area contributed by atoms with Crippen LogP contribution in [0.5, 0.6) is 0 Å². The Balaban J connectivity index is 1.34. The van der Waals surface area contributed by atoms with Gasteiger partial charge < -0.3 is 19.9 Å². The summed E-state index contributed by atoms with van der Waals surface area (Å²) in [5, 5.41) is 3.17. The van der Waals surface area contributed by atoms with Crippen LogP contribution in [0.1, 0.15) is 38.5 Å². The molecule has 142 valence electrons. The lowest BCUT2D eigenvalue weighted by molar-refractivity contribution is -0.133. The van der Waals surface area contributed by atoms with Crippen molar-refractivity contribution in [3.05, 3.63) is 0 Å². The molecule has 7 heteroatoms. The molecule has 0 bridgehead atoms. The molecule has 0 atom stereocenters. The quantitative estimate of drug-likeness (QED) is 0.816. The van der Waals surface area contributed by atoms with E-state index in [0.29, 0.717) is 38.6 Å². The van der Waals surface area contributed by atoms with Crippen LogP contribution in [0.25, 0.3) is 0 Å². The molecule has 0 spiro atoms. The largest absolute Gasteiger partial charge is 0.379 e. The molecule has 3 amide bonds. The van der Waals surface area contributed by atoms with Crippen molar-refractivity contribution in [3.8, 4) is 0 Å². The SMILES string of the molecule is O=C(CCN1CCOCC1)N1CCN(C(=O)NC2CCCCC2)CC1. The highest BCUT2D eigenvalue weighted by atomic mass is 16.5. The molecule has 0 unspecified atom stereocenters. The first-order valence-corrected chi connectivity index (χ1v) is 9.86. The van der Waals surface area contributed by atoms with Crippen molar-refractivity contribution in [3.63, 3.8) is 0 Å². The van der Waals surface area contributed by atoms with Crippen LogP contribution in [0.15, 0.2) is 0 Å². The molecule has 3 aliphatic rings. The summed E-state index contributed by atoms with van der Waals surface area (Å²) in [7, 11) is 0. The van der Waals surface area contributed by atoms with Crippen LogP contribution in [-0.4, -0.2) is 91.7 Å². The van der Waals surface area contributed by atoms with Crippen molar-refractivity contribution in [1.82, 2.24) is 20.0 Å². The summed E-state index contributed by atoms with van der Waals surface area (Å²) in [6.07, 6.45) is 6.50. The predicted octanol–water partition coefficient (Wildman–Crippen LogP) is 0.895. The fourth-order valence-corrected chi connectivity index (χ4v) is 3.91. The van der Waals surface area contributed by atoms with Crippen LogP contribution in [0.3, 0.4) is 0 Å². The summed E-state index contributed by atoms with van der Waals surface area (Å²) >= 11 is 0. The molecule has 0 aromatic carbocycles. The number of hydrogen-bond donors (Lipinski definition) is 1. The van der Waals surface area contributed by atoms with Crippen molar-refractivity contribution in [2.24, 2.45) is 0 Å². The normalized spacial score (nSPS) is 23.5. The average Bonchev–Trinajstić information content (AvgIpc) is 2.68. The number of piperazine rings is 1. The smallest absolute Gasteiger partial charge is 0.317 e. The van der Waals surface area contributed by atoms with E-state index in [4.69, 9.17) is 4.74 Å². The standard InChI is InChI=1S/C18H32N4O3/c23-17(6-7-20-12-14-25-15-13-20)21-8-10-22(11-9-21)18(24)19-16-4-2-1-3-5-16/h16H,1-15H2,(H,19,24). The molecule has 1 N–H and O–H groups in total. The first kappa shape index (κ1) is 18.5. The predicted molar refractivity (Wildman–Crippen MR) is 95.4 cm³/mol. The molecule has 2 heterocycles. The molecule has 0 radical (unpaired) electrons. The van der Waals surface area contributed by atoms with Gasteiger partial charge in [-0.1, -0.05) is 19.3 Å². The lowest BCUT2D eigenvalue weighted by Gasteiger charge is -2.36. The third-order valence-corrected chi connectivity index (χ3v) is 5.60. The van der Waals surface area contributed by atoms with Gasteiger partial charge in [0.05, 0.1) is 13.2 Å². The van der Waals surface area contributed by atoms with Gasteiger partial charge in [0.15, 0.2) is 0 Å². The van der Waals surface area contributed by atoms with Crippen LogP contribution in [0.4, 0.5) is 4.79 Å². The van der Waals surface area contributed by atoms with Gasteiger partial charge in [-0.3, -0.25) is 9.69 Å². The van der Waals surface area contributed by atoms with Gasteiger partial charge in [0, 0.05) is 58.3 Å². The van der Waals surface area contributed by atoms with Gasteiger partial charge in [-0.15, -0.1) is 0 Å². The molecule has 3 rings (SSSR count). The van der Waals surface area contributed by atoms with E-state index in [9.17, 15) is 9.59 Å². The van der Waals surface area contributed by atoms with Crippen molar-refractivity contribution >= 4 is 11.9 Å². The van der Waals surface area contributed by atoms with Gasteiger partial charge in [-0.2, -0.15) is 0 Å². The van der Waals surface area contributed by atoms with E-state index in [1.807, 2.05) is 9.80 Å². The minimum atomic E-state index is 0.0484. The number of amides is 3. The molecular formula is C18H32N4O3. The number of hydrogen-bond acceptors (Lipinski definition) is 4. The Morgan fingerprint density at radius 2 is 1.52 bits per heavy atom. The Labute approximate surface area is 150 Å². The van der Waals surface area contributed by atoms with Gasteiger partial charge in [0.1, 0.15) is 0 Å². The van der Waals surface area contributed by atoms with Gasteiger partial charge in [-0.25, -0.2) is 4.79 Å². The molecule has 1 aliphatic carbocycles. The number of morpholine rings is 1. The lowest BCUT2D eigenvalue weighted by Crippen LogP contribution is -2.55. The zero-order chi connectivity index (χ0) is 17.5. The number of carbonyl (C=O) groups is 2. The number of ether oxygens (including phenoxy) is 1. The highest BCUT2D eigenvalue weighted by molar-refractivity contribution is 5.78. The molecule has 2 aliphatic heterocycles. The fourth-order valence-electron chi connectivity index (χ4n) is 3.91. The van der Waals surface area contributed by atoms with E-state index in [2.05, 4.69) is 10.2 Å². The zero-order valence-electron chi connectivity index (χ0n) is 15.3. The highest BCUT2D eigenvalue weighted by Gasteiger charge is 2.26. The number of nitrogens with zero attached hydrogens (tertiary/aromatic N) is 3. The third-order valence-electron chi connectivity index (χ3n) is 5.60. The summed E-state index contributed by atoms with van der Waals surface area (Å²) in [6.45, 7) is 6.77. The van der Waals surface area contributed by atoms with Crippen molar-refractivity contribution < 1.29 is 14.3 Å². The van der Waals surface area contributed by atoms with Crippen molar-refractivity contribution in [2.45, 2.75) is 44.6 Å². The second kappa shape index (κ2) is 9.38. The van der Waals surface area contributed by atoms with Crippen LogP contribution in [0.2, 0.25) is 0 Å². The number of urea groups is 1. The molecule has 1 saturated carbocycles. The van der Waals surface area contributed by atoms with Gasteiger partial charge in [0.25, 0.3) is 0 Å². The second-order valence-corrected chi connectivity index (χ2v) is 7.36. The van der Waals surface area contributed by atoms with Gasteiger partial charge >= 0.3 is 6.03 Å². The topological polar surface area (TPSA) is 65.1 Å². The maximum atomic E-state index is 12.4. The first-order chi connectivity index (χ1) is 12.2. The summed E-state index contributed by atoms with van der Waals surface area (Å²) < 4.78 is 5.33. The third kappa shape index (κ3) is 5.57. The summed E-state index contributed by atoms with van der Waals surface area (Å²) in [6, 6.07) is 0.391. The maximum Gasteiger partial charge on any atom is 0.317 e. The summed E-state index contributed by atoms with van der Waals surface area (Å²) in [5.41, 5.74) is 0. The minimum Gasteiger partial charge on any atom is -0.379 e. The maximum absolute atomic E-state index is 12.4. The second-order valence-electron chi connectivity index (χ2n) is 7.36. The van der Waals surface area contributed by atoms with Gasteiger partial charge in [0.2, 0.25) is 5.91 Å². The van der Waals surface area contributed by atoms with E-state index in [1.165, 1.54) is 19.3 Å². The summed E-state index contributed by atoms with van der Waals surface area (Å²) in [4.78, 5) is 30.8. The Bertz CT molecular complexity index is 440. The Hall–Kier alpha value is -1.34. The Morgan fingerprint density at radius 1 is 0.880 bits per heavy atom. The molecule has 7 nitrogen and oxygen atoms in total. The van der Waals surface area contributed by atoms with Crippen LogP contribution < -0.4 is 5.32 Å². The number of nitrogens with one attached hydrogen (secondary N) is 1.